The van der Waals surface area contributed by atoms with Gasteiger partial charge in [-0.25, -0.2) is 0 Å². The normalized spacial score (nSPS) is 13.0. The molecule has 0 bridgehead atoms. The van der Waals surface area contributed by atoms with Gasteiger partial charge in [-0.15, -0.1) is 0 Å². The molecule has 0 aliphatic heterocycles. The van der Waals surface area contributed by atoms with Crippen LogP contribution < -0.4 is 16.0 Å². The van der Waals surface area contributed by atoms with Crippen LogP contribution in [0, 0.1) is 5.41 Å². The lowest BCUT2D eigenvalue weighted by Gasteiger charge is -2.43. The Morgan fingerprint density at radius 1 is 0.909 bits per heavy atom. The lowest BCUT2D eigenvalue weighted by atomic mass is 9.74. The smallest absolute Gasteiger partial charge is 0.244 e. The maximum Gasteiger partial charge on any atom is 0.244 e. The lowest BCUT2D eigenvalue weighted by molar-refractivity contribution is -0.119. The molecule has 2 amide bonds. The third-order valence-corrected chi connectivity index (χ3v) is 3.86. The molecule has 0 atom stereocenters. The van der Waals surface area contributed by atoms with Gasteiger partial charge in [-0.3, -0.25) is 9.59 Å². The second-order valence-corrected chi connectivity index (χ2v) is 7.52. The van der Waals surface area contributed by atoms with E-state index in [1.165, 1.54) is 12.2 Å². The molecule has 5 heteroatoms. The van der Waals surface area contributed by atoms with Crippen molar-refractivity contribution in [3.63, 3.8) is 0 Å². The number of amides is 2. The zero-order valence-corrected chi connectivity index (χ0v) is 15.3. The molecule has 0 aromatic rings. The monoisotopic (exact) mass is 311 g/mol. The Balaban J connectivity index is 4.50. The van der Waals surface area contributed by atoms with E-state index in [0.29, 0.717) is 12.6 Å². The first-order valence-corrected chi connectivity index (χ1v) is 7.91. The summed E-state index contributed by atoms with van der Waals surface area (Å²) in [6, 6.07) is 0.423. The van der Waals surface area contributed by atoms with Gasteiger partial charge in [-0.1, -0.05) is 27.7 Å². The van der Waals surface area contributed by atoms with Crippen LogP contribution in [0.5, 0.6) is 0 Å². The molecule has 0 saturated heterocycles. The zero-order valence-electron chi connectivity index (χ0n) is 15.3. The van der Waals surface area contributed by atoms with E-state index in [2.05, 4.69) is 57.5 Å². The minimum atomic E-state index is -0.258. The van der Waals surface area contributed by atoms with Gasteiger partial charge in [0.15, 0.2) is 0 Å². The zero-order chi connectivity index (χ0) is 17.6. The van der Waals surface area contributed by atoms with E-state index in [4.69, 9.17) is 0 Å². The quantitative estimate of drug-likeness (QED) is 0.600. The van der Waals surface area contributed by atoms with Crippen LogP contribution >= 0.6 is 0 Å². The Hall–Kier alpha value is -1.36. The molecular formula is C17H33N3O2. The van der Waals surface area contributed by atoms with E-state index in [1.807, 2.05) is 13.8 Å². The van der Waals surface area contributed by atoms with Gasteiger partial charge in [0, 0.05) is 36.3 Å². The van der Waals surface area contributed by atoms with Crippen LogP contribution in [-0.4, -0.2) is 36.0 Å². The molecule has 0 aromatic carbocycles. The number of hydrogen-bond acceptors (Lipinski definition) is 3. The van der Waals surface area contributed by atoms with E-state index < -0.39 is 0 Å². The maximum absolute atomic E-state index is 11.8. The summed E-state index contributed by atoms with van der Waals surface area (Å²) in [5.74, 6) is -0.515. The van der Waals surface area contributed by atoms with E-state index >= 15 is 0 Å². The Labute approximate surface area is 135 Å². The highest BCUT2D eigenvalue weighted by atomic mass is 16.2. The first-order chi connectivity index (χ1) is 9.87. The molecule has 22 heavy (non-hydrogen) atoms. The number of hydrogen-bond donors (Lipinski definition) is 3. The van der Waals surface area contributed by atoms with Crippen molar-refractivity contribution < 1.29 is 9.59 Å². The van der Waals surface area contributed by atoms with Crippen molar-refractivity contribution in [1.82, 2.24) is 16.0 Å². The summed E-state index contributed by atoms with van der Waals surface area (Å²) in [7, 11) is 0. The fourth-order valence-corrected chi connectivity index (χ4v) is 1.99. The van der Waals surface area contributed by atoms with Crippen LogP contribution in [0.15, 0.2) is 12.2 Å². The second-order valence-electron chi connectivity index (χ2n) is 7.52. The fraction of sp³-hybridized carbons (Fsp3) is 0.765. The fourth-order valence-electron chi connectivity index (χ4n) is 1.99. The van der Waals surface area contributed by atoms with Crippen LogP contribution in [0.25, 0.3) is 0 Å². The Bertz CT molecular complexity index is 410. The van der Waals surface area contributed by atoms with Crippen molar-refractivity contribution in [2.75, 3.05) is 6.54 Å². The molecule has 0 rings (SSSR count). The van der Waals surface area contributed by atoms with E-state index in [9.17, 15) is 9.59 Å². The summed E-state index contributed by atoms with van der Waals surface area (Å²) in [6.07, 6.45) is 2.54. The SMILES string of the molecule is CC(C)NC(=O)/C=C/C(=O)NCC(C)(C)C(C)(C)NC(C)C. The third-order valence-electron chi connectivity index (χ3n) is 3.86. The van der Waals surface area contributed by atoms with Crippen LogP contribution in [0.2, 0.25) is 0 Å². The van der Waals surface area contributed by atoms with Crippen LogP contribution in [-0.2, 0) is 9.59 Å². The predicted octanol–water partition coefficient (Wildman–Crippen LogP) is 1.99. The van der Waals surface area contributed by atoms with Gasteiger partial charge in [0.25, 0.3) is 0 Å². The molecule has 0 unspecified atom stereocenters. The first-order valence-electron chi connectivity index (χ1n) is 7.91. The molecule has 0 radical (unpaired) electrons. The van der Waals surface area contributed by atoms with Crippen molar-refractivity contribution in [1.29, 1.82) is 0 Å². The van der Waals surface area contributed by atoms with Gasteiger partial charge >= 0.3 is 0 Å². The molecule has 0 saturated carbocycles. The minimum absolute atomic E-state index is 0.0575. The van der Waals surface area contributed by atoms with Crippen molar-refractivity contribution in [3.8, 4) is 0 Å². The minimum Gasteiger partial charge on any atom is -0.352 e. The van der Waals surface area contributed by atoms with E-state index in [0.717, 1.165) is 0 Å². The van der Waals surface area contributed by atoms with Gasteiger partial charge in [-0.2, -0.15) is 0 Å². The molecule has 128 valence electrons. The maximum atomic E-state index is 11.8. The van der Waals surface area contributed by atoms with Crippen molar-refractivity contribution in [3.05, 3.63) is 12.2 Å². The summed E-state index contributed by atoms with van der Waals surface area (Å²) in [5, 5.41) is 9.09. The number of rotatable bonds is 8. The van der Waals surface area contributed by atoms with E-state index in [-0.39, 0.29) is 28.8 Å². The summed E-state index contributed by atoms with van der Waals surface area (Å²) >= 11 is 0. The average molecular weight is 311 g/mol. The summed E-state index contributed by atoms with van der Waals surface area (Å²) in [5.41, 5.74) is -0.270. The number of carbonyl (C=O) groups excluding carboxylic acids is 2. The lowest BCUT2D eigenvalue weighted by Crippen LogP contribution is -2.57. The molecule has 0 heterocycles. The highest BCUT2D eigenvalue weighted by Gasteiger charge is 2.37. The molecular weight excluding hydrogens is 278 g/mol. The molecule has 5 nitrogen and oxygen atoms in total. The topological polar surface area (TPSA) is 70.2 Å². The van der Waals surface area contributed by atoms with Crippen molar-refractivity contribution >= 4 is 11.8 Å². The summed E-state index contributed by atoms with van der Waals surface area (Å²) in [6.45, 7) is 17.0. The molecule has 0 aliphatic carbocycles. The Morgan fingerprint density at radius 3 is 1.86 bits per heavy atom. The molecule has 0 aromatic heterocycles. The highest BCUT2D eigenvalue weighted by molar-refractivity contribution is 5.96. The standard InChI is InChI=1S/C17H33N3O2/c1-12(2)19-15(22)10-9-14(21)18-11-16(5,6)17(7,8)20-13(3)4/h9-10,12-13,20H,11H2,1-8H3,(H,18,21)(H,19,22)/b10-9+. The van der Waals surface area contributed by atoms with Crippen LogP contribution in [0.1, 0.15) is 55.4 Å². The number of carbonyl (C=O) groups is 2. The third kappa shape index (κ3) is 7.59. The van der Waals surface area contributed by atoms with Crippen LogP contribution in [0.4, 0.5) is 0 Å². The average Bonchev–Trinajstić information content (AvgIpc) is 2.31. The van der Waals surface area contributed by atoms with Gasteiger partial charge in [0.1, 0.15) is 0 Å². The molecule has 0 fully saturated rings. The van der Waals surface area contributed by atoms with Gasteiger partial charge in [0.05, 0.1) is 0 Å². The van der Waals surface area contributed by atoms with Crippen LogP contribution in [0.3, 0.4) is 0 Å². The van der Waals surface area contributed by atoms with Gasteiger partial charge in [0.2, 0.25) is 11.8 Å². The summed E-state index contributed by atoms with van der Waals surface area (Å²) in [4.78, 5) is 23.3. The Kier molecular flexibility index (Phi) is 7.81. The molecule has 3 N–H and O–H groups in total. The first kappa shape index (κ1) is 20.6. The van der Waals surface area contributed by atoms with Gasteiger partial charge in [-0.05, 0) is 33.1 Å². The van der Waals surface area contributed by atoms with Crippen molar-refractivity contribution in [2.45, 2.75) is 73.0 Å². The number of nitrogens with one attached hydrogen (secondary N) is 3. The second kappa shape index (κ2) is 8.32. The molecule has 0 aliphatic rings. The van der Waals surface area contributed by atoms with Gasteiger partial charge < -0.3 is 16.0 Å². The largest absolute Gasteiger partial charge is 0.352 e. The predicted molar refractivity (Wildman–Crippen MR) is 91.6 cm³/mol. The highest BCUT2D eigenvalue weighted by Crippen LogP contribution is 2.30. The summed E-state index contributed by atoms with van der Waals surface area (Å²) < 4.78 is 0. The van der Waals surface area contributed by atoms with E-state index in [1.54, 1.807) is 0 Å². The Morgan fingerprint density at radius 2 is 1.41 bits per heavy atom. The van der Waals surface area contributed by atoms with Crippen molar-refractivity contribution in [2.24, 2.45) is 5.41 Å². The molecule has 0 spiro atoms.